The molecular formula is C21H21N5O2. The van der Waals surface area contributed by atoms with E-state index in [2.05, 4.69) is 21.4 Å². The van der Waals surface area contributed by atoms with Gasteiger partial charge in [0.25, 0.3) is 5.91 Å². The van der Waals surface area contributed by atoms with Gasteiger partial charge in [0.05, 0.1) is 17.7 Å². The summed E-state index contributed by atoms with van der Waals surface area (Å²) in [4.78, 5) is 21.7. The minimum absolute atomic E-state index is 0.104. The van der Waals surface area contributed by atoms with E-state index in [0.29, 0.717) is 27.8 Å². The first-order valence-electron chi connectivity index (χ1n) is 9.35. The zero-order chi connectivity index (χ0) is 19.5. The van der Waals surface area contributed by atoms with Crippen molar-refractivity contribution in [2.45, 2.75) is 37.8 Å². The van der Waals surface area contributed by atoms with E-state index in [1.165, 1.54) is 0 Å². The van der Waals surface area contributed by atoms with Gasteiger partial charge in [0.2, 0.25) is 0 Å². The molecule has 28 heavy (non-hydrogen) atoms. The number of carbonyl (C=O) groups is 1. The summed E-state index contributed by atoms with van der Waals surface area (Å²) in [6, 6.07) is 9.47. The normalized spacial score (nSPS) is 19.3. The molecule has 7 nitrogen and oxygen atoms in total. The van der Waals surface area contributed by atoms with E-state index < -0.39 is 0 Å². The number of hydrogen-bond donors (Lipinski definition) is 1. The van der Waals surface area contributed by atoms with Crippen LogP contribution in [0.3, 0.4) is 0 Å². The molecule has 3 aromatic rings. The predicted molar refractivity (Wildman–Crippen MR) is 104 cm³/mol. The minimum atomic E-state index is -0.220. The van der Waals surface area contributed by atoms with E-state index in [9.17, 15) is 10.1 Å². The Balaban J connectivity index is 1.71. The number of carbonyl (C=O) groups excluding carboxylic acids is 1. The number of amides is 1. The monoisotopic (exact) mass is 375 g/mol. The van der Waals surface area contributed by atoms with Gasteiger partial charge in [0.15, 0.2) is 0 Å². The van der Waals surface area contributed by atoms with Gasteiger partial charge in [-0.2, -0.15) is 5.26 Å². The number of hydrogen-bond acceptors (Lipinski definition) is 5. The summed E-state index contributed by atoms with van der Waals surface area (Å²) in [5.74, 6) is 0.337. The van der Waals surface area contributed by atoms with Crippen LogP contribution in [0.4, 0.5) is 0 Å². The number of nitriles is 1. The number of fused-ring (bicyclic) bond motifs is 1. The molecule has 0 spiro atoms. The van der Waals surface area contributed by atoms with E-state index in [4.69, 9.17) is 4.74 Å². The van der Waals surface area contributed by atoms with Crippen LogP contribution in [-0.2, 0) is 4.74 Å². The Hall–Kier alpha value is -3.24. The fraction of sp³-hybridized carbons (Fsp3) is 0.333. The lowest BCUT2D eigenvalue weighted by molar-refractivity contribution is 0.0598. The van der Waals surface area contributed by atoms with Crippen LogP contribution >= 0.6 is 0 Å². The molecule has 1 N–H and O–H groups in total. The molecule has 1 aliphatic carbocycles. The van der Waals surface area contributed by atoms with Crippen LogP contribution in [0.15, 0.2) is 43.0 Å². The average Bonchev–Trinajstić information content (AvgIpc) is 3.28. The van der Waals surface area contributed by atoms with Crippen molar-refractivity contribution in [2.24, 2.45) is 0 Å². The molecule has 1 aromatic carbocycles. The second-order valence-corrected chi connectivity index (χ2v) is 6.99. The highest BCUT2D eigenvalue weighted by atomic mass is 16.5. The highest BCUT2D eigenvalue weighted by molar-refractivity contribution is 6.07. The van der Waals surface area contributed by atoms with Gasteiger partial charge in [0.1, 0.15) is 17.8 Å². The largest absolute Gasteiger partial charge is 0.381 e. The smallest absolute Gasteiger partial charge is 0.270 e. The topological polar surface area (TPSA) is 92.8 Å². The number of rotatable bonds is 4. The Morgan fingerprint density at radius 3 is 2.79 bits per heavy atom. The quantitative estimate of drug-likeness (QED) is 0.757. The van der Waals surface area contributed by atoms with Crippen LogP contribution in [0, 0.1) is 11.3 Å². The van der Waals surface area contributed by atoms with Gasteiger partial charge < -0.3 is 10.1 Å². The molecule has 1 amide bonds. The molecule has 1 fully saturated rings. The summed E-state index contributed by atoms with van der Waals surface area (Å²) < 4.78 is 7.14. The van der Waals surface area contributed by atoms with Crippen molar-refractivity contribution in [2.75, 3.05) is 7.11 Å². The first-order valence-corrected chi connectivity index (χ1v) is 9.35. The second kappa shape index (κ2) is 7.79. The third kappa shape index (κ3) is 3.47. The van der Waals surface area contributed by atoms with Crippen LogP contribution in [0.25, 0.3) is 16.6 Å². The lowest BCUT2D eigenvalue weighted by Crippen LogP contribution is -2.39. The highest BCUT2D eigenvalue weighted by Crippen LogP contribution is 2.25. The third-order valence-corrected chi connectivity index (χ3v) is 5.31. The molecule has 0 saturated heterocycles. The van der Waals surface area contributed by atoms with Crippen molar-refractivity contribution in [3.05, 3.63) is 54.2 Å². The number of imidazole rings is 1. The van der Waals surface area contributed by atoms with E-state index in [1.807, 2.05) is 12.1 Å². The van der Waals surface area contributed by atoms with E-state index >= 15 is 0 Å². The summed E-state index contributed by atoms with van der Waals surface area (Å²) in [7, 11) is 1.73. The number of methoxy groups -OCH3 is 1. The van der Waals surface area contributed by atoms with Crippen molar-refractivity contribution >= 4 is 16.7 Å². The summed E-state index contributed by atoms with van der Waals surface area (Å²) in [5, 5.41) is 14.0. The minimum Gasteiger partial charge on any atom is -0.381 e. The number of nitrogens with one attached hydrogen (secondary N) is 1. The van der Waals surface area contributed by atoms with Crippen molar-refractivity contribution in [3.8, 4) is 11.9 Å². The standard InChI is InChI=1S/C21H21N5O2/c1-28-16-7-5-15(6-8-16)24-21(27)20-17-4-2-3-14(12-22)18(17)11-19(25-20)26-10-9-23-13-26/h2-4,9-11,13,15-16H,5-8H2,1H3,(H,24,27). The highest BCUT2D eigenvalue weighted by Gasteiger charge is 2.24. The van der Waals surface area contributed by atoms with Crippen LogP contribution < -0.4 is 5.32 Å². The van der Waals surface area contributed by atoms with Crippen LogP contribution in [0.5, 0.6) is 0 Å². The zero-order valence-corrected chi connectivity index (χ0v) is 15.6. The first-order chi connectivity index (χ1) is 13.7. The molecule has 0 bridgehead atoms. The van der Waals surface area contributed by atoms with Crippen molar-refractivity contribution in [3.63, 3.8) is 0 Å². The molecule has 2 heterocycles. The lowest BCUT2D eigenvalue weighted by Gasteiger charge is -2.28. The summed E-state index contributed by atoms with van der Waals surface area (Å²) in [6.45, 7) is 0. The fourth-order valence-electron chi connectivity index (χ4n) is 3.76. The van der Waals surface area contributed by atoms with Crippen LogP contribution in [0.2, 0.25) is 0 Å². The number of pyridine rings is 1. The lowest BCUT2D eigenvalue weighted by atomic mass is 9.92. The molecule has 1 aliphatic rings. The molecule has 2 aromatic heterocycles. The Kier molecular flexibility index (Phi) is 5.04. The summed E-state index contributed by atoms with van der Waals surface area (Å²) >= 11 is 0. The molecular weight excluding hydrogens is 354 g/mol. The van der Waals surface area contributed by atoms with Crippen molar-refractivity contribution in [1.29, 1.82) is 5.26 Å². The van der Waals surface area contributed by atoms with Crippen LogP contribution in [0.1, 0.15) is 41.7 Å². The first kappa shape index (κ1) is 18.1. The summed E-state index contributed by atoms with van der Waals surface area (Å²) in [5.41, 5.74) is 0.836. The van der Waals surface area contributed by atoms with Crippen LogP contribution in [-0.4, -0.2) is 39.7 Å². The summed E-state index contributed by atoms with van der Waals surface area (Å²) in [6.07, 6.45) is 8.94. The Labute approximate surface area is 163 Å². The molecule has 4 rings (SSSR count). The van der Waals surface area contributed by atoms with Gasteiger partial charge in [-0.25, -0.2) is 9.97 Å². The SMILES string of the molecule is COC1CCC(NC(=O)c2nc(-n3ccnc3)cc3c(C#N)cccc23)CC1. The average molecular weight is 375 g/mol. The number of benzene rings is 1. The molecule has 7 heteroatoms. The zero-order valence-electron chi connectivity index (χ0n) is 15.6. The van der Waals surface area contributed by atoms with Gasteiger partial charge in [0, 0.05) is 36.3 Å². The molecule has 0 atom stereocenters. The second-order valence-electron chi connectivity index (χ2n) is 6.99. The molecule has 0 radical (unpaired) electrons. The predicted octanol–water partition coefficient (Wildman–Crippen LogP) is 2.98. The van der Waals surface area contributed by atoms with Crippen molar-refractivity contribution in [1.82, 2.24) is 19.9 Å². The molecule has 0 aliphatic heterocycles. The molecule has 142 valence electrons. The number of ether oxygens (including phenoxy) is 1. The van der Waals surface area contributed by atoms with Gasteiger partial charge in [-0.1, -0.05) is 12.1 Å². The Bertz CT molecular complexity index is 1030. The van der Waals surface area contributed by atoms with Crippen molar-refractivity contribution < 1.29 is 9.53 Å². The van der Waals surface area contributed by atoms with E-state index in [0.717, 1.165) is 25.7 Å². The maximum Gasteiger partial charge on any atom is 0.270 e. The van der Waals surface area contributed by atoms with E-state index in [-0.39, 0.29) is 18.1 Å². The molecule has 0 unspecified atom stereocenters. The van der Waals surface area contributed by atoms with Gasteiger partial charge in [-0.3, -0.25) is 9.36 Å². The van der Waals surface area contributed by atoms with Gasteiger partial charge in [-0.05, 0) is 37.8 Å². The Morgan fingerprint density at radius 2 is 2.11 bits per heavy atom. The maximum absolute atomic E-state index is 13.1. The number of nitrogens with zero attached hydrogens (tertiary/aromatic N) is 4. The van der Waals surface area contributed by atoms with Gasteiger partial charge in [-0.15, -0.1) is 0 Å². The van der Waals surface area contributed by atoms with E-state index in [1.54, 1.807) is 42.5 Å². The molecule has 1 saturated carbocycles. The fourth-order valence-corrected chi connectivity index (χ4v) is 3.76. The number of aromatic nitrogens is 3. The Morgan fingerprint density at radius 1 is 1.29 bits per heavy atom. The third-order valence-electron chi connectivity index (χ3n) is 5.31. The maximum atomic E-state index is 13.1. The van der Waals surface area contributed by atoms with Gasteiger partial charge >= 0.3 is 0 Å².